The maximum Gasteiger partial charge on any atom is 0.270 e. The Morgan fingerprint density at radius 3 is 2.59 bits per heavy atom. The number of aromatic hydroxyl groups is 1. The summed E-state index contributed by atoms with van der Waals surface area (Å²) in [4.78, 5) is 22.8. The van der Waals surface area contributed by atoms with Gasteiger partial charge in [0.1, 0.15) is 12.4 Å². The van der Waals surface area contributed by atoms with Gasteiger partial charge in [-0.3, -0.25) is 14.9 Å². The maximum absolute atomic E-state index is 12.3. The predicted octanol–water partition coefficient (Wildman–Crippen LogP) is 5.01. The first-order valence-corrected chi connectivity index (χ1v) is 11.9. The number of benzene rings is 2. The number of anilines is 1. The summed E-state index contributed by atoms with van der Waals surface area (Å²) in [7, 11) is 0. The molecule has 3 unspecified atom stereocenters. The number of carbonyl (C=O) groups excluding carboxylic acids is 1. The molecule has 3 rings (SSSR count). The van der Waals surface area contributed by atoms with Crippen LogP contribution in [-0.4, -0.2) is 28.6 Å². The molecule has 8 heteroatoms. The van der Waals surface area contributed by atoms with Gasteiger partial charge >= 0.3 is 0 Å². The van der Waals surface area contributed by atoms with Crippen molar-refractivity contribution in [1.82, 2.24) is 5.32 Å². The minimum Gasteiger partial charge on any atom is -0.508 e. The van der Waals surface area contributed by atoms with Crippen LogP contribution in [0.5, 0.6) is 5.75 Å². The fourth-order valence-electron chi connectivity index (χ4n) is 4.51. The Labute approximate surface area is 200 Å². The Bertz CT molecular complexity index is 977. The molecule has 1 amide bonds. The van der Waals surface area contributed by atoms with E-state index in [0.29, 0.717) is 29.9 Å². The van der Waals surface area contributed by atoms with Gasteiger partial charge in [-0.15, -0.1) is 0 Å². The standard InChI is InChI=1S/C26H35N3O5/c1-17(2)23-10-4-18(3)12-25(23)34-16-26(31)28-14-19-5-7-21(8-6-19)27-15-20-13-22(29(32)33)9-11-24(20)30/h5-9,11,13,17-18,23,25,27,30H,4,10,12,14-16H2,1-3H3,(H,28,31). The summed E-state index contributed by atoms with van der Waals surface area (Å²) >= 11 is 0. The molecular weight excluding hydrogens is 434 g/mol. The second-order valence-corrected chi connectivity index (χ2v) is 9.57. The van der Waals surface area contributed by atoms with Crippen molar-refractivity contribution in [2.45, 2.75) is 59.2 Å². The molecule has 1 aliphatic rings. The molecule has 0 radical (unpaired) electrons. The number of ether oxygens (including phenoxy) is 1. The molecular formula is C26H35N3O5. The van der Waals surface area contributed by atoms with Crippen LogP contribution in [0, 0.1) is 27.9 Å². The molecule has 0 saturated heterocycles. The summed E-state index contributed by atoms with van der Waals surface area (Å²) in [6.45, 7) is 7.43. The molecule has 2 aromatic carbocycles. The highest BCUT2D eigenvalue weighted by Crippen LogP contribution is 2.35. The molecule has 0 aromatic heterocycles. The Hall–Kier alpha value is -3.13. The second kappa shape index (κ2) is 11.8. The van der Waals surface area contributed by atoms with Crippen molar-refractivity contribution in [3.63, 3.8) is 0 Å². The van der Waals surface area contributed by atoms with Crippen LogP contribution in [0.25, 0.3) is 0 Å². The lowest BCUT2D eigenvalue weighted by Gasteiger charge is -2.37. The van der Waals surface area contributed by atoms with Crippen LogP contribution in [0.4, 0.5) is 11.4 Å². The Balaban J connectivity index is 1.44. The van der Waals surface area contributed by atoms with Crippen molar-refractivity contribution in [2.24, 2.45) is 17.8 Å². The molecule has 2 aromatic rings. The number of hydrogen-bond acceptors (Lipinski definition) is 6. The lowest BCUT2D eigenvalue weighted by molar-refractivity contribution is -0.384. The zero-order valence-corrected chi connectivity index (χ0v) is 20.1. The number of nitro groups is 1. The van der Waals surface area contributed by atoms with Gasteiger partial charge in [0.15, 0.2) is 0 Å². The van der Waals surface area contributed by atoms with Crippen molar-refractivity contribution in [1.29, 1.82) is 0 Å². The highest BCUT2D eigenvalue weighted by atomic mass is 16.6. The zero-order chi connectivity index (χ0) is 24.7. The van der Waals surface area contributed by atoms with E-state index in [0.717, 1.165) is 24.1 Å². The molecule has 3 atom stereocenters. The summed E-state index contributed by atoms with van der Waals surface area (Å²) in [5.74, 6) is 1.57. The van der Waals surface area contributed by atoms with Crippen LogP contribution in [0.3, 0.4) is 0 Å². The van der Waals surface area contributed by atoms with E-state index in [1.807, 2.05) is 24.3 Å². The summed E-state index contributed by atoms with van der Waals surface area (Å²) in [6.07, 6.45) is 3.54. The SMILES string of the molecule is CC1CCC(C(C)C)C(OCC(=O)NCc2ccc(NCc3cc([N+](=O)[O-])ccc3O)cc2)C1. The second-order valence-electron chi connectivity index (χ2n) is 9.57. The van der Waals surface area contributed by atoms with Crippen molar-refractivity contribution in [3.8, 4) is 5.75 Å². The third-order valence-corrected chi connectivity index (χ3v) is 6.59. The summed E-state index contributed by atoms with van der Waals surface area (Å²) in [6, 6.07) is 11.5. The van der Waals surface area contributed by atoms with Crippen molar-refractivity contribution in [3.05, 3.63) is 63.7 Å². The van der Waals surface area contributed by atoms with Crippen molar-refractivity contribution in [2.75, 3.05) is 11.9 Å². The van der Waals surface area contributed by atoms with E-state index < -0.39 is 4.92 Å². The normalized spacial score (nSPS) is 20.2. The van der Waals surface area contributed by atoms with Gasteiger partial charge in [0.05, 0.1) is 11.0 Å². The molecule has 8 nitrogen and oxygen atoms in total. The molecule has 0 bridgehead atoms. The first-order chi connectivity index (χ1) is 16.2. The number of amides is 1. The number of hydrogen-bond donors (Lipinski definition) is 3. The summed E-state index contributed by atoms with van der Waals surface area (Å²) < 4.78 is 6.02. The van der Waals surface area contributed by atoms with Gasteiger partial charge in [-0.1, -0.05) is 39.3 Å². The third-order valence-electron chi connectivity index (χ3n) is 6.59. The number of nitro benzene ring substituents is 1. The molecule has 1 saturated carbocycles. The first kappa shape index (κ1) is 25.5. The van der Waals surface area contributed by atoms with E-state index in [1.165, 1.54) is 24.6 Å². The van der Waals surface area contributed by atoms with E-state index in [4.69, 9.17) is 4.74 Å². The summed E-state index contributed by atoms with van der Waals surface area (Å²) in [5, 5.41) is 26.9. The number of nitrogens with one attached hydrogen (secondary N) is 2. The largest absolute Gasteiger partial charge is 0.508 e. The van der Waals surface area contributed by atoms with Gasteiger partial charge in [-0.05, 0) is 54.4 Å². The van der Waals surface area contributed by atoms with E-state index in [1.54, 1.807) is 0 Å². The molecule has 0 heterocycles. The van der Waals surface area contributed by atoms with Crippen LogP contribution in [0.15, 0.2) is 42.5 Å². The van der Waals surface area contributed by atoms with Gasteiger partial charge < -0.3 is 20.5 Å². The fraction of sp³-hybridized carbons (Fsp3) is 0.500. The van der Waals surface area contributed by atoms with Gasteiger partial charge in [0.25, 0.3) is 5.69 Å². The highest BCUT2D eigenvalue weighted by molar-refractivity contribution is 5.77. The molecule has 1 fully saturated rings. The average molecular weight is 470 g/mol. The number of phenolic OH excluding ortho intramolecular Hbond substituents is 1. The Morgan fingerprint density at radius 1 is 1.18 bits per heavy atom. The van der Waals surface area contributed by atoms with E-state index >= 15 is 0 Å². The van der Waals surface area contributed by atoms with Crippen LogP contribution in [0.1, 0.15) is 51.2 Å². The van der Waals surface area contributed by atoms with Crippen molar-refractivity contribution < 1.29 is 19.6 Å². The molecule has 0 aliphatic heterocycles. The lowest BCUT2D eigenvalue weighted by Crippen LogP contribution is -2.37. The molecule has 3 N–H and O–H groups in total. The Morgan fingerprint density at radius 2 is 1.91 bits per heavy atom. The number of non-ortho nitro benzene ring substituents is 1. The topological polar surface area (TPSA) is 114 Å². The molecule has 1 aliphatic carbocycles. The van der Waals surface area contributed by atoms with Gasteiger partial charge in [-0.25, -0.2) is 0 Å². The van der Waals surface area contributed by atoms with Crippen LogP contribution in [-0.2, 0) is 22.6 Å². The monoisotopic (exact) mass is 469 g/mol. The number of nitrogens with zero attached hydrogens (tertiary/aromatic N) is 1. The molecule has 184 valence electrons. The van der Waals surface area contributed by atoms with E-state index in [9.17, 15) is 20.0 Å². The van der Waals surface area contributed by atoms with Gasteiger partial charge in [0.2, 0.25) is 5.91 Å². The minimum atomic E-state index is -0.491. The maximum atomic E-state index is 12.3. The van der Waals surface area contributed by atoms with E-state index in [2.05, 4.69) is 31.4 Å². The van der Waals surface area contributed by atoms with Crippen molar-refractivity contribution >= 4 is 17.3 Å². The zero-order valence-electron chi connectivity index (χ0n) is 20.1. The van der Waals surface area contributed by atoms with E-state index in [-0.39, 0.29) is 36.6 Å². The number of carbonyl (C=O) groups is 1. The quantitative estimate of drug-likeness (QED) is 0.333. The predicted molar refractivity (Wildman–Crippen MR) is 131 cm³/mol. The third kappa shape index (κ3) is 7.18. The number of phenols is 1. The summed E-state index contributed by atoms with van der Waals surface area (Å²) in [5.41, 5.74) is 2.12. The first-order valence-electron chi connectivity index (χ1n) is 11.9. The highest BCUT2D eigenvalue weighted by Gasteiger charge is 2.31. The minimum absolute atomic E-state index is 0.00190. The van der Waals surface area contributed by atoms with Gasteiger partial charge in [-0.2, -0.15) is 0 Å². The number of rotatable bonds is 10. The van der Waals surface area contributed by atoms with Crippen LogP contribution in [0.2, 0.25) is 0 Å². The molecule has 0 spiro atoms. The van der Waals surface area contributed by atoms with Gasteiger partial charge in [0, 0.05) is 36.5 Å². The smallest absolute Gasteiger partial charge is 0.270 e. The van der Waals surface area contributed by atoms with Crippen LogP contribution < -0.4 is 10.6 Å². The van der Waals surface area contributed by atoms with Crippen LogP contribution >= 0.6 is 0 Å². The Kier molecular flexibility index (Phi) is 8.87. The molecule has 34 heavy (non-hydrogen) atoms. The fourth-order valence-corrected chi connectivity index (χ4v) is 4.51. The lowest BCUT2D eigenvalue weighted by atomic mass is 9.75. The average Bonchev–Trinajstić information content (AvgIpc) is 2.81.